The van der Waals surface area contributed by atoms with Crippen molar-refractivity contribution in [2.45, 2.75) is 38.6 Å². The van der Waals surface area contributed by atoms with Crippen LogP contribution in [0.3, 0.4) is 0 Å². The molecule has 0 unspecified atom stereocenters. The SMILES string of the molecule is COc1ccc(-c2csc(N(Cc3ccco3)C(=O)C3CCCCC3)n2)cc1. The Balaban J connectivity index is 1.60. The first-order valence-electron chi connectivity index (χ1n) is 9.68. The fourth-order valence-electron chi connectivity index (χ4n) is 3.65. The number of ether oxygens (including phenoxy) is 1. The molecule has 0 N–H and O–H groups in total. The van der Waals surface area contributed by atoms with Crippen LogP contribution in [0.4, 0.5) is 5.13 Å². The molecule has 1 aliphatic carbocycles. The summed E-state index contributed by atoms with van der Waals surface area (Å²) in [5, 5.41) is 2.72. The van der Waals surface area contributed by atoms with Crippen LogP contribution in [0, 0.1) is 5.92 Å². The van der Waals surface area contributed by atoms with Gasteiger partial charge in [0.2, 0.25) is 5.91 Å². The van der Waals surface area contributed by atoms with Crippen molar-refractivity contribution < 1.29 is 13.9 Å². The molecule has 1 aromatic carbocycles. The highest BCUT2D eigenvalue weighted by Crippen LogP contribution is 2.33. The van der Waals surface area contributed by atoms with Crippen molar-refractivity contribution in [3.05, 3.63) is 53.8 Å². The van der Waals surface area contributed by atoms with Crippen molar-refractivity contribution in [1.29, 1.82) is 0 Å². The first-order valence-corrected chi connectivity index (χ1v) is 10.6. The molecule has 1 fully saturated rings. The van der Waals surface area contributed by atoms with E-state index in [1.165, 1.54) is 17.8 Å². The first kappa shape index (κ1) is 18.7. The lowest BCUT2D eigenvalue weighted by Crippen LogP contribution is -2.36. The number of carbonyl (C=O) groups excluding carboxylic acids is 1. The van der Waals surface area contributed by atoms with Crippen LogP contribution in [0.2, 0.25) is 0 Å². The van der Waals surface area contributed by atoms with Crippen LogP contribution in [0.25, 0.3) is 11.3 Å². The van der Waals surface area contributed by atoms with Gasteiger partial charge in [0.05, 0.1) is 25.6 Å². The lowest BCUT2D eigenvalue weighted by Gasteiger charge is -2.27. The van der Waals surface area contributed by atoms with Crippen LogP contribution in [-0.2, 0) is 11.3 Å². The van der Waals surface area contributed by atoms with Crippen LogP contribution in [0.1, 0.15) is 37.9 Å². The molecule has 0 spiro atoms. The summed E-state index contributed by atoms with van der Waals surface area (Å²) < 4.78 is 10.7. The van der Waals surface area contributed by atoms with E-state index in [2.05, 4.69) is 0 Å². The molecule has 1 amide bonds. The quantitative estimate of drug-likeness (QED) is 0.550. The Bertz CT molecular complexity index is 896. The number of benzene rings is 1. The van der Waals surface area contributed by atoms with Crippen molar-refractivity contribution in [2.24, 2.45) is 5.92 Å². The zero-order valence-corrected chi connectivity index (χ0v) is 16.8. The monoisotopic (exact) mass is 396 g/mol. The zero-order chi connectivity index (χ0) is 19.3. The number of methoxy groups -OCH3 is 1. The Morgan fingerprint density at radius 2 is 2.00 bits per heavy atom. The van der Waals surface area contributed by atoms with Gasteiger partial charge in [0.25, 0.3) is 0 Å². The summed E-state index contributed by atoms with van der Waals surface area (Å²) in [7, 11) is 1.65. The van der Waals surface area contributed by atoms with E-state index in [0.29, 0.717) is 6.54 Å². The largest absolute Gasteiger partial charge is 0.497 e. The van der Waals surface area contributed by atoms with E-state index in [1.807, 2.05) is 41.8 Å². The van der Waals surface area contributed by atoms with Gasteiger partial charge in [0.1, 0.15) is 11.5 Å². The van der Waals surface area contributed by atoms with E-state index < -0.39 is 0 Å². The minimum Gasteiger partial charge on any atom is -0.497 e. The van der Waals surface area contributed by atoms with E-state index >= 15 is 0 Å². The summed E-state index contributed by atoms with van der Waals surface area (Å²) in [5.41, 5.74) is 1.87. The molecule has 1 saturated carbocycles. The number of carbonyl (C=O) groups is 1. The predicted octanol–water partition coefficient (Wildman–Crippen LogP) is 5.53. The minimum absolute atomic E-state index is 0.0806. The molecule has 0 radical (unpaired) electrons. The van der Waals surface area contributed by atoms with Crippen molar-refractivity contribution in [3.8, 4) is 17.0 Å². The molecule has 2 aromatic heterocycles. The minimum atomic E-state index is 0.0806. The van der Waals surface area contributed by atoms with Gasteiger partial charge >= 0.3 is 0 Å². The maximum absolute atomic E-state index is 13.3. The Hall–Kier alpha value is -2.60. The van der Waals surface area contributed by atoms with E-state index in [9.17, 15) is 4.79 Å². The molecule has 6 heteroatoms. The highest BCUT2D eigenvalue weighted by Gasteiger charge is 2.29. The summed E-state index contributed by atoms with van der Waals surface area (Å²) >= 11 is 1.50. The standard InChI is InChI=1S/C22H24N2O3S/c1-26-18-11-9-16(10-12-18)20-15-28-22(23-20)24(14-19-8-5-13-27-19)21(25)17-6-3-2-4-7-17/h5,8-13,15,17H,2-4,6-7,14H2,1H3. The molecule has 0 atom stereocenters. The Morgan fingerprint density at radius 1 is 1.21 bits per heavy atom. The van der Waals surface area contributed by atoms with Crippen molar-refractivity contribution in [1.82, 2.24) is 4.98 Å². The van der Waals surface area contributed by atoms with E-state index in [4.69, 9.17) is 14.1 Å². The number of aromatic nitrogens is 1. The fourth-order valence-corrected chi connectivity index (χ4v) is 4.49. The molecule has 1 aliphatic rings. The van der Waals surface area contributed by atoms with E-state index in [1.54, 1.807) is 18.3 Å². The second-order valence-electron chi connectivity index (χ2n) is 7.08. The lowest BCUT2D eigenvalue weighted by molar-refractivity contribution is -0.123. The normalized spacial score (nSPS) is 14.8. The number of rotatable bonds is 6. The number of thiazole rings is 1. The smallest absolute Gasteiger partial charge is 0.232 e. The van der Waals surface area contributed by atoms with Gasteiger partial charge in [-0.1, -0.05) is 19.3 Å². The molecule has 0 aliphatic heterocycles. The summed E-state index contributed by atoms with van der Waals surface area (Å²) in [6.45, 7) is 0.415. The van der Waals surface area contributed by atoms with Gasteiger partial charge in [0, 0.05) is 16.9 Å². The molecular formula is C22H24N2O3S. The number of nitrogens with zero attached hydrogens (tertiary/aromatic N) is 2. The Labute approximate surface area is 169 Å². The van der Waals surface area contributed by atoms with Crippen LogP contribution in [0.5, 0.6) is 5.75 Å². The molecule has 3 aromatic rings. The fraction of sp³-hybridized carbons (Fsp3) is 0.364. The summed E-state index contributed by atoms with van der Waals surface area (Å²) in [5.74, 6) is 1.82. The van der Waals surface area contributed by atoms with Gasteiger partial charge in [-0.2, -0.15) is 0 Å². The molecule has 0 bridgehead atoms. The van der Waals surface area contributed by atoms with Gasteiger partial charge < -0.3 is 9.15 Å². The van der Waals surface area contributed by atoms with Crippen LogP contribution < -0.4 is 9.64 Å². The number of amides is 1. The summed E-state index contributed by atoms with van der Waals surface area (Å²) in [6.07, 6.45) is 7.04. The Kier molecular flexibility index (Phi) is 5.76. The first-order chi connectivity index (χ1) is 13.7. The third-order valence-electron chi connectivity index (χ3n) is 5.22. The second kappa shape index (κ2) is 8.61. The van der Waals surface area contributed by atoms with Crippen molar-refractivity contribution in [2.75, 3.05) is 12.0 Å². The molecule has 5 nitrogen and oxygen atoms in total. The molecule has 2 heterocycles. The second-order valence-corrected chi connectivity index (χ2v) is 7.92. The van der Waals surface area contributed by atoms with Gasteiger partial charge in [-0.05, 0) is 49.2 Å². The van der Waals surface area contributed by atoms with Gasteiger partial charge in [-0.25, -0.2) is 4.98 Å². The highest BCUT2D eigenvalue weighted by atomic mass is 32.1. The molecule has 0 saturated heterocycles. The maximum atomic E-state index is 13.3. The van der Waals surface area contributed by atoms with Crippen LogP contribution in [-0.4, -0.2) is 18.0 Å². The third-order valence-corrected chi connectivity index (χ3v) is 6.09. The molecule has 146 valence electrons. The summed E-state index contributed by atoms with van der Waals surface area (Å²) in [6, 6.07) is 11.6. The zero-order valence-electron chi connectivity index (χ0n) is 16.0. The third kappa shape index (κ3) is 4.12. The summed E-state index contributed by atoms with van der Waals surface area (Å²) in [4.78, 5) is 19.9. The van der Waals surface area contributed by atoms with E-state index in [-0.39, 0.29) is 11.8 Å². The number of anilines is 1. The Morgan fingerprint density at radius 3 is 2.68 bits per heavy atom. The van der Waals surface area contributed by atoms with Gasteiger partial charge in [-0.15, -0.1) is 11.3 Å². The van der Waals surface area contributed by atoms with Crippen molar-refractivity contribution >= 4 is 22.4 Å². The van der Waals surface area contributed by atoms with Crippen LogP contribution in [0.15, 0.2) is 52.5 Å². The molecule has 4 rings (SSSR count). The average Bonchev–Trinajstić information content (AvgIpc) is 3.44. The number of hydrogen-bond donors (Lipinski definition) is 0. The number of furan rings is 1. The van der Waals surface area contributed by atoms with Crippen LogP contribution >= 0.6 is 11.3 Å². The molecule has 28 heavy (non-hydrogen) atoms. The average molecular weight is 397 g/mol. The topological polar surface area (TPSA) is 55.6 Å². The van der Waals surface area contributed by atoms with Gasteiger partial charge in [-0.3, -0.25) is 9.69 Å². The van der Waals surface area contributed by atoms with Crippen molar-refractivity contribution in [3.63, 3.8) is 0 Å². The molecular weight excluding hydrogens is 372 g/mol. The van der Waals surface area contributed by atoms with E-state index in [0.717, 1.165) is 53.6 Å². The highest BCUT2D eigenvalue weighted by molar-refractivity contribution is 7.14. The predicted molar refractivity (Wildman–Crippen MR) is 111 cm³/mol. The van der Waals surface area contributed by atoms with Gasteiger partial charge in [0.15, 0.2) is 5.13 Å². The number of hydrogen-bond acceptors (Lipinski definition) is 5. The lowest BCUT2D eigenvalue weighted by atomic mass is 9.88. The maximum Gasteiger partial charge on any atom is 0.232 e.